The van der Waals surface area contributed by atoms with Gasteiger partial charge in [-0.2, -0.15) is 0 Å². The monoisotopic (exact) mass is 523 g/mol. The molecule has 2 aromatic carbocycles. The maximum Gasteiger partial charge on any atom is 0.276 e. The van der Waals surface area contributed by atoms with Gasteiger partial charge in [-0.25, -0.2) is 9.97 Å². The molecular weight excluding hydrogens is 503 g/mol. The molecule has 4 heterocycles. The van der Waals surface area contributed by atoms with Crippen molar-refractivity contribution in [3.63, 3.8) is 0 Å². The summed E-state index contributed by atoms with van der Waals surface area (Å²) in [6.07, 6.45) is 1.92. The molecule has 0 N–H and O–H groups in total. The van der Waals surface area contributed by atoms with Crippen LogP contribution < -0.4 is 5.56 Å². The largest absolute Gasteiger partial charge is 0.276 e. The van der Waals surface area contributed by atoms with Crippen molar-refractivity contribution < 1.29 is 0 Å². The molecule has 7 heteroatoms. The number of hydrogen-bond donors (Lipinski definition) is 0. The van der Waals surface area contributed by atoms with Crippen LogP contribution in [0.15, 0.2) is 82.1 Å². The Bertz CT molecular complexity index is 1820. The maximum atomic E-state index is 14.0. The Labute approximate surface area is 220 Å². The second-order valence-electron chi connectivity index (χ2n) is 8.71. The minimum atomic E-state index is -0.0272. The fourth-order valence-electron chi connectivity index (χ4n) is 5.16. The van der Waals surface area contributed by atoms with Crippen molar-refractivity contribution in [3.05, 3.63) is 93.6 Å². The molecule has 0 saturated carbocycles. The van der Waals surface area contributed by atoms with Crippen molar-refractivity contribution in [2.75, 3.05) is 5.75 Å². The van der Waals surface area contributed by atoms with Crippen LogP contribution in [0.1, 0.15) is 18.1 Å². The lowest BCUT2D eigenvalue weighted by Crippen LogP contribution is -2.20. The van der Waals surface area contributed by atoms with Crippen LogP contribution >= 0.6 is 34.4 Å². The zero-order valence-corrected chi connectivity index (χ0v) is 22.0. The van der Waals surface area contributed by atoms with Gasteiger partial charge < -0.3 is 0 Å². The van der Waals surface area contributed by atoms with E-state index in [4.69, 9.17) is 9.97 Å². The Morgan fingerprint density at radius 3 is 2.61 bits per heavy atom. The summed E-state index contributed by atoms with van der Waals surface area (Å²) in [6, 6.07) is 22.6. The summed E-state index contributed by atoms with van der Waals surface area (Å²) in [7, 11) is 0. The number of thioether (sulfide) groups is 1. The van der Waals surface area contributed by atoms with Crippen LogP contribution in [-0.2, 0) is 12.8 Å². The number of pyridine rings is 1. The van der Waals surface area contributed by atoms with E-state index >= 15 is 0 Å². The number of aryl methyl sites for hydroxylation is 1. The summed E-state index contributed by atoms with van der Waals surface area (Å²) in [5, 5.41) is 3.86. The SMILES string of the molecule is CCSc1nc2c(sc3nc4c(c(-c5cccs5)c32)CCc2ccccc2-4)c(=O)n1-c1ccccc1. The zero-order valence-electron chi connectivity index (χ0n) is 19.5. The molecular formula is C29H21N3OS3. The molecule has 0 amide bonds. The van der Waals surface area contributed by atoms with Crippen LogP contribution in [0.4, 0.5) is 0 Å². The summed E-state index contributed by atoms with van der Waals surface area (Å²) < 4.78 is 2.42. The van der Waals surface area contributed by atoms with Gasteiger partial charge in [-0.3, -0.25) is 9.36 Å². The van der Waals surface area contributed by atoms with Gasteiger partial charge in [-0.15, -0.1) is 22.7 Å². The van der Waals surface area contributed by atoms with E-state index in [1.54, 1.807) is 27.7 Å². The topological polar surface area (TPSA) is 47.8 Å². The molecule has 1 aliphatic rings. The number of rotatable bonds is 4. The number of para-hydroxylation sites is 1. The van der Waals surface area contributed by atoms with E-state index < -0.39 is 0 Å². The van der Waals surface area contributed by atoms with Gasteiger partial charge in [0.1, 0.15) is 9.53 Å². The fraction of sp³-hybridized carbons (Fsp3) is 0.138. The van der Waals surface area contributed by atoms with Crippen molar-refractivity contribution in [3.8, 4) is 27.4 Å². The molecule has 0 radical (unpaired) electrons. The van der Waals surface area contributed by atoms with Crippen molar-refractivity contribution >= 4 is 54.9 Å². The molecule has 0 spiro atoms. The van der Waals surface area contributed by atoms with Crippen LogP contribution in [0, 0.1) is 0 Å². The summed E-state index contributed by atoms with van der Waals surface area (Å²) in [4.78, 5) is 26.5. The van der Waals surface area contributed by atoms with E-state index in [9.17, 15) is 4.79 Å². The first-order valence-electron chi connectivity index (χ1n) is 12.0. The van der Waals surface area contributed by atoms with Gasteiger partial charge in [0.25, 0.3) is 5.56 Å². The average Bonchev–Trinajstić information content (AvgIpc) is 3.57. The Kier molecular flexibility index (Phi) is 5.31. The first-order chi connectivity index (χ1) is 17.7. The molecule has 0 fully saturated rings. The van der Waals surface area contributed by atoms with Gasteiger partial charge >= 0.3 is 0 Å². The first-order valence-corrected chi connectivity index (χ1v) is 14.6. The number of aromatic nitrogens is 3. The average molecular weight is 524 g/mol. The molecule has 4 aromatic heterocycles. The third kappa shape index (κ3) is 3.30. The highest BCUT2D eigenvalue weighted by Gasteiger charge is 2.27. The maximum absolute atomic E-state index is 14.0. The van der Waals surface area contributed by atoms with Crippen LogP contribution in [-0.4, -0.2) is 20.3 Å². The molecule has 0 aliphatic heterocycles. The zero-order chi connectivity index (χ0) is 24.2. The van der Waals surface area contributed by atoms with Gasteiger partial charge in [-0.1, -0.05) is 67.2 Å². The Morgan fingerprint density at radius 2 is 1.81 bits per heavy atom. The van der Waals surface area contributed by atoms with Crippen LogP contribution in [0.3, 0.4) is 0 Å². The van der Waals surface area contributed by atoms with Crippen LogP contribution in [0.25, 0.3) is 47.8 Å². The predicted molar refractivity (Wildman–Crippen MR) is 153 cm³/mol. The third-order valence-electron chi connectivity index (χ3n) is 6.68. The molecule has 0 bridgehead atoms. The second kappa shape index (κ2) is 8.69. The molecule has 176 valence electrons. The fourth-order valence-corrected chi connectivity index (χ4v) is 7.75. The lowest BCUT2D eigenvalue weighted by Gasteiger charge is -2.22. The van der Waals surface area contributed by atoms with E-state index in [1.165, 1.54) is 38.5 Å². The predicted octanol–water partition coefficient (Wildman–Crippen LogP) is 7.60. The Hall–Kier alpha value is -3.26. The minimum Gasteiger partial charge on any atom is -0.267 e. The molecule has 0 saturated heterocycles. The summed E-state index contributed by atoms with van der Waals surface area (Å²) in [5.74, 6) is 0.828. The van der Waals surface area contributed by atoms with Crippen LogP contribution in [0.2, 0.25) is 0 Å². The van der Waals surface area contributed by atoms with E-state index in [1.807, 2.05) is 30.3 Å². The highest BCUT2D eigenvalue weighted by molar-refractivity contribution is 7.99. The van der Waals surface area contributed by atoms with Crippen molar-refractivity contribution in [1.82, 2.24) is 14.5 Å². The van der Waals surface area contributed by atoms with Gasteiger partial charge in [0.2, 0.25) is 0 Å². The number of thiophene rings is 2. The summed E-state index contributed by atoms with van der Waals surface area (Å²) in [5.41, 5.74) is 7.64. The smallest absolute Gasteiger partial charge is 0.267 e. The van der Waals surface area contributed by atoms with Crippen molar-refractivity contribution in [1.29, 1.82) is 0 Å². The van der Waals surface area contributed by atoms with E-state index in [0.29, 0.717) is 4.70 Å². The molecule has 0 atom stereocenters. The molecule has 4 nitrogen and oxygen atoms in total. The second-order valence-corrected chi connectivity index (χ2v) is 11.9. The minimum absolute atomic E-state index is 0.0272. The van der Waals surface area contributed by atoms with Crippen LogP contribution in [0.5, 0.6) is 0 Å². The Balaban J connectivity index is 1.63. The quantitative estimate of drug-likeness (QED) is 0.176. The summed E-state index contributed by atoms with van der Waals surface area (Å²) >= 11 is 4.81. The molecule has 6 aromatic rings. The number of nitrogens with zero attached hydrogens (tertiary/aromatic N) is 3. The molecule has 0 unspecified atom stereocenters. The van der Waals surface area contributed by atoms with Gasteiger partial charge in [0, 0.05) is 21.4 Å². The first kappa shape index (κ1) is 22.0. The lowest BCUT2D eigenvalue weighted by atomic mass is 9.85. The van der Waals surface area contributed by atoms with E-state index in [0.717, 1.165) is 50.9 Å². The standard InChI is InChI=1S/C29H21N3OS3/c1-2-34-29-31-25-23-22(21-13-8-16-35-21)20-15-14-17-9-6-7-12-19(17)24(20)30-27(23)36-26(25)28(33)32(29)18-10-4-3-5-11-18/h3-13,16H,2,14-15H2,1H3. The number of hydrogen-bond acceptors (Lipinski definition) is 6. The highest BCUT2D eigenvalue weighted by Crippen LogP contribution is 2.46. The lowest BCUT2D eigenvalue weighted by molar-refractivity contribution is 0.823. The molecule has 36 heavy (non-hydrogen) atoms. The van der Waals surface area contributed by atoms with Crippen molar-refractivity contribution in [2.24, 2.45) is 0 Å². The number of benzene rings is 2. The van der Waals surface area contributed by atoms with Crippen molar-refractivity contribution in [2.45, 2.75) is 24.9 Å². The molecule has 1 aliphatic carbocycles. The van der Waals surface area contributed by atoms with Gasteiger partial charge in [0.05, 0.1) is 16.9 Å². The van der Waals surface area contributed by atoms with Gasteiger partial charge in [-0.05, 0) is 53.3 Å². The normalized spacial score (nSPS) is 12.7. The third-order valence-corrected chi connectivity index (χ3v) is 9.45. The number of fused-ring (bicyclic) bond motifs is 6. The van der Waals surface area contributed by atoms with E-state index in [-0.39, 0.29) is 5.56 Å². The van der Waals surface area contributed by atoms with Gasteiger partial charge in [0.15, 0.2) is 5.16 Å². The highest BCUT2D eigenvalue weighted by atomic mass is 32.2. The van der Waals surface area contributed by atoms with E-state index in [2.05, 4.69) is 48.7 Å². The Morgan fingerprint density at radius 1 is 0.972 bits per heavy atom. The summed E-state index contributed by atoms with van der Waals surface area (Å²) in [6.45, 7) is 2.09. The molecule has 7 rings (SSSR count).